The van der Waals surface area contributed by atoms with E-state index in [0.29, 0.717) is 11.5 Å². The predicted octanol–water partition coefficient (Wildman–Crippen LogP) is 6.89. The molecule has 2 nitrogen and oxygen atoms in total. The molecule has 0 N–H and O–H groups in total. The minimum absolute atomic E-state index is 0.124. The Balaban J connectivity index is 1.49. The van der Waals surface area contributed by atoms with E-state index in [1.807, 2.05) is 12.1 Å². The lowest BCUT2D eigenvalue weighted by atomic mass is 9.77. The van der Waals surface area contributed by atoms with Crippen molar-refractivity contribution < 1.29 is 9.53 Å². The van der Waals surface area contributed by atoms with Crippen LogP contribution in [0.15, 0.2) is 24.3 Å². The second-order valence-electron chi connectivity index (χ2n) is 8.58. The molecular weight excluding hydrogens is 320 g/mol. The first-order valence-electron chi connectivity index (χ1n) is 11.0. The third-order valence-corrected chi connectivity index (χ3v) is 6.81. The van der Waals surface area contributed by atoms with Crippen LogP contribution in [0.1, 0.15) is 106 Å². The molecule has 0 aliphatic heterocycles. The van der Waals surface area contributed by atoms with E-state index in [9.17, 15) is 4.79 Å². The molecular formula is C24H36O2. The number of benzene rings is 1. The molecule has 2 fully saturated rings. The smallest absolute Gasteiger partial charge is 0.338 e. The lowest BCUT2D eigenvalue weighted by molar-refractivity contribution is 0.0164. The van der Waals surface area contributed by atoms with Gasteiger partial charge in [0.1, 0.15) is 6.10 Å². The van der Waals surface area contributed by atoms with Crippen LogP contribution in [0.4, 0.5) is 0 Å². The van der Waals surface area contributed by atoms with Gasteiger partial charge in [0.05, 0.1) is 5.56 Å². The number of esters is 1. The van der Waals surface area contributed by atoms with Gasteiger partial charge in [-0.3, -0.25) is 0 Å². The van der Waals surface area contributed by atoms with Gasteiger partial charge in [0.2, 0.25) is 0 Å². The number of rotatable bonds is 6. The van der Waals surface area contributed by atoms with Crippen LogP contribution in [-0.2, 0) is 4.74 Å². The van der Waals surface area contributed by atoms with Crippen molar-refractivity contribution in [3.05, 3.63) is 35.4 Å². The molecule has 2 aliphatic carbocycles. The molecule has 144 valence electrons. The topological polar surface area (TPSA) is 26.3 Å². The monoisotopic (exact) mass is 356 g/mol. The van der Waals surface area contributed by atoms with Crippen molar-refractivity contribution in [1.82, 2.24) is 0 Å². The molecule has 0 amide bonds. The minimum Gasteiger partial charge on any atom is -0.459 e. The van der Waals surface area contributed by atoms with Gasteiger partial charge in [-0.05, 0) is 86.8 Å². The molecule has 0 saturated heterocycles. The average Bonchev–Trinajstić information content (AvgIpc) is 2.69. The SMILES string of the molecule is CCCC1CCC(c2ccc(C(=O)OC3CCC(CC)CC3)cc2)CC1. The molecule has 1 aromatic carbocycles. The van der Waals surface area contributed by atoms with Crippen LogP contribution in [0.5, 0.6) is 0 Å². The van der Waals surface area contributed by atoms with Crippen molar-refractivity contribution in [2.45, 2.75) is 96.5 Å². The third kappa shape index (κ3) is 5.11. The Morgan fingerprint density at radius 2 is 1.50 bits per heavy atom. The first-order valence-corrected chi connectivity index (χ1v) is 11.0. The van der Waals surface area contributed by atoms with Crippen LogP contribution in [0.25, 0.3) is 0 Å². The van der Waals surface area contributed by atoms with Gasteiger partial charge in [-0.1, -0.05) is 45.2 Å². The van der Waals surface area contributed by atoms with Crippen molar-refractivity contribution in [3.63, 3.8) is 0 Å². The molecule has 0 unspecified atom stereocenters. The summed E-state index contributed by atoms with van der Waals surface area (Å²) in [7, 11) is 0. The van der Waals surface area contributed by atoms with Crippen LogP contribution in [0.3, 0.4) is 0 Å². The van der Waals surface area contributed by atoms with Gasteiger partial charge < -0.3 is 4.74 Å². The highest BCUT2D eigenvalue weighted by Gasteiger charge is 2.24. The number of hydrogen-bond acceptors (Lipinski definition) is 2. The Morgan fingerprint density at radius 1 is 0.885 bits per heavy atom. The highest BCUT2D eigenvalue weighted by atomic mass is 16.5. The quantitative estimate of drug-likeness (QED) is 0.519. The predicted molar refractivity (Wildman–Crippen MR) is 108 cm³/mol. The van der Waals surface area contributed by atoms with Gasteiger partial charge in [0.25, 0.3) is 0 Å². The Morgan fingerprint density at radius 3 is 2.08 bits per heavy atom. The van der Waals surface area contributed by atoms with Crippen molar-refractivity contribution in [3.8, 4) is 0 Å². The maximum Gasteiger partial charge on any atom is 0.338 e. The van der Waals surface area contributed by atoms with E-state index in [2.05, 4.69) is 26.0 Å². The van der Waals surface area contributed by atoms with Gasteiger partial charge in [0.15, 0.2) is 0 Å². The van der Waals surface area contributed by atoms with Gasteiger partial charge >= 0.3 is 5.97 Å². The first-order chi connectivity index (χ1) is 12.7. The van der Waals surface area contributed by atoms with E-state index in [4.69, 9.17) is 4.74 Å². The molecule has 0 radical (unpaired) electrons. The summed E-state index contributed by atoms with van der Waals surface area (Å²) in [4.78, 5) is 12.4. The average molecular weight is 357 g/mol. The Hall–Kier alpha value is -1.31. The van der Waals surface area contributed by atoms with Crippen molar-refractivity contribution in [1.29, 1.82) is 0 Å². The Bertz CT molecular complexity index is 546. The number of carbonyl (C=O) groups is 1. The van der Waals surface area contributed by atoms with Crippen LogP contribution in [0, 0.1) is 11.8 Å². The summed E-state index contributed by atoms with van der Waals surface area (Å²) in [5.74, 6) is 2.31. The Labute approximate surface area is 159 Å². The van der Waals surface area contributed by atoms with Gasteiger partial charge in [-0.2, -0.15) is 0 Å². The summed E-state index contributed by atoms with van der Waals surface area (Å²) in [6.07, 6.45) is 13.9. The summed E-state index contributed by atoms with van der Waals surface area (Å²) in [6, 6.07) is 8.28. The van der Waals surface area contributed by atoms with E-state index in [1.165, 1.54) is 63.4 Å². The summed E-state index contributed by atoms with van der Waals surface area (Å²) < 4.78 is 5.76. The summed E-state index contributed by atoms with van der Waals surface area (Å²) in [5.41, 5.74) is 2.12. The van der Waals surface area contributed by atoms with E-state index >= 15 is 0 Å². The lowest BCUT2D eigenvalue weighted by Gasteiger charge is -2.29. The molecule has 0 aromatic heterocycles. The summed E-state index contributed by atoms with van der Waals surface area (Å²) in [5, 5.41) is 0. The van der Waals surface area contributed by atoms with E-state index in [-0.39, 0.29) is 12.1 Å². The molecule has 1 aromatic rings. The molecule has 0 spiro atoms. The third-order valence-electron chi connectivity index (χ3n) is 6.81. The zero-order chi connectivity index (χ0) is 18.4. The standard InChI is InChI=1S/C24H36O2/c1-3-5-19-6-10-20(11-7-19)21-12-14-22(15-13-21)24(25)26-23-16-8-18(4-2)9-17-23/h12-15,18-20,23H,3-11,16-17H2,1-2H3. The van der Waals surface area contributed by atoms with E-state index in [0.717, 1.165) is 24.7 Å². The van der Waals surface area contributed by atoms with Crippen molar-refractivity contribution in [2.24, 2.45) is 11.8 Å². The van der Waals surface area contributed by atoms with Crippen LogP contribution in [0.2, 0.25) is 0 Å². The molecule has 0 heterocycles. The molecule has 0 atom stereocenters. The normalized spacial score (nSPS) is 29.3. The zero-order valence-electron chi connectivity index (χ0n) is 16.7. The molecule has 2 saturated carbocycles. The molecule has 3 rings (SSSR count). The molecule has 2 heteroatoms. The maximum atomic E-state index is 12.4. The highest BCUT2D eigenvalue weighted by molar-refractivity contribution is 5.89. The van der Waals surface area contributed by atoms with Gasteiger partial charge in [0, 0.05) is 0 Å². The van der Waals surface area contributed by atoms with Crippen molar-refractivity contribution in [2.75, 3.05) is 0 Å². The molecule has 26 heavy (non-hydrogen) atoms. The Kier molecular flexibility index (Phi) is 7.16. The minimum atomic E-state index is -0.136. The molecule has 2 aliphatic rings. The second kappa shape index (κ2) is 9.58. The fourth-order valence-electron chi connectivity index (χ4n) is 4.96. The van der Waals surface area contributed by atoms with E-state index < -0.39 is 0 Å². The first kappa shape index (κ1) is 19.5. The zero-order valence-corrected chi connectivity index (χ0v) is 16.7. The van der Waals surface area contributed by atoms with Crippen LogP contribution < -0.4 is 0 Å². The van der Waals surface area contributed by atoms with Crippen molar-refractivity contribution >= 4 is 5.97 Å². The van der Waals surface area contributed by atoms with Gasteiger partial charge in [-0.15, -0.1) is 0 Å². The molecule has 0 bridgehead atoms. The lowest BCUT2D eigenvalue weighted by Crippen LogP contribution is -2.24. The number of carbonyl (C=O) groups excluding carboxylic acids is 1. The largest absolute Gasteiger partial charge is 0.459 e. The maximum absolute atomic E-state index is 12.4. The summed E-state index contributed by atoms with van der Waals surface area (Å²) >= 11 is 0. The van der Waals surface area contributed by atoms with Crippen LogP contribution >= 0.6 is 0 Å². The van der Waals surface area contributed by atoms with Crippen LogP contribution in [-0.4, -0.2) is 12.1 Å². The van der Waals surface area contributed by atoms with E-state index in [1.54, 1.807) is 0 Å². The summed E-state index contributed by atoms with van der Waals surface area (Å²) in [6.45, 7) is 4.55. The highest BCUT2D eigenvalue weighted by Crippen LogP contribution is 2.37. The van der Waals surface area contributed by atoms with Gasteiger partial charge in [-0.25, -0.2) is 4.79 Å². The second-order valence-corrected chi connectivity index (χ2v) is 8.58. The number of ether oxygens (including phenoxy) is 1. The fourth-order valence-corrected chi connectivity index (χ4v) is 4.96. The fraction of sp³-hybridized carbons (Fsp3) is 0.708. The number of hydrogen-bond donors (Lipinski definition) is 0.